The number of hydrogen-bond donors (Lipinski definition) is 0. The molecule has 3 heteroatoms. The van der Waals surface area contributed by atoms with E-state index in [2.05, 4.69) is 0 Å². The number of carbonyl (C=O) groups excluding carboxylic acids is 1. The van der Waals surface area contributed by atoms with Crippen LogP contribution in [0.2, 0.25) is 0 Å². The van der Waals surface area contributed by atoms with Crippen molar-refractivity contribution in [2.24, 2.45) is 0 Å². The lowest BCUT2D eigenvalue weighted by Gasteiger charge is -1.99. The molecule has 1 aromatic carbocycles. The van der Waals surface area contributed by atoms with Crippen LogP contribution >= 0.6 is 23.5 Å². The number of benzene rings is 1. The Labute approximate surface area is 87.3 Å². The van der Waals surface area contributed by atoms with Crippen LogP contribution in [-0.2, 0) is 0 Å². The second-order valence-electron chi connectivity index (χ2n) is 2.45. The highest BCUT2D eigenvalue weighted by Gasteiger charge is 2.03. The van der Waals surface area contributed by atoms with Gasteiger partial charge in [-0.1, -0.05) is 18.7 Å². The van der Waals surface area contributed by atoms with E-state index < -0.39 is 0 Å². The Morgan fingerprint density at radius 1 is 1.31 bits per heavy atom. The molecule has 1 rings (SSSR count). The molecular formula is C10H12OS2. The summed E-state index contributed by atoms with van der Waals surface area (Å²) >= 11 is 3.04. The van der Waals surface area contributed by atoms with E-state index >= 15 is 0 Å². The summed E-state index contributed by atoms with van der Waals surface area (Å²) in [5, 5.41) is 0.162. The summed E-state index contributed by atoms with van der Waals surface area (Å²) in [5.41, 5.74) is 0.796. The Kier molecular flexibility index (Phi) is 4.39. The first-order valence-corrected chi connectivity index (χ1v) is 6.30. The van der Waals surface area contributed by atoms with Gasteiger partial charge in [0, 0.05) is 10.5 Å². The second kappa shape index (κ2) is 5.35. The van der Waals surface area contributed by atoms with Gasteiger partial charge in [0.1, 0.15) is 0 Å². The average molecular weight is 212 g/mol. The van der Waals surface area contributed by atoms with Gasteiger partial charge in [0.2, 0.25) is 5.12 Å². The van der Waals surface area contributed by atoms with Gasteiger partial charge in [-0.3, -0.25) is 4.79 Å². The Bertz CT molecular complexity index is 279. The molecule has 0 saturated heterocycles. The standard InChI is InChI=1S/C10H12OS2/c1-3-13-10(11)8-4-6-9(12-2)7-5-8/h4-7H,3H2,1-2H3. The highest BCUT2D eigenvalue weighted by atomic mass is 32.2. The van der Waals surface area contributed by atoms with E-state index in [4.69, 9.17) is 0 Å². The fourth-order valence-electron chi connectivity index (χ4n) is 0.942. The molecule has 1 aromatic rings. The molecule has 0 fully saturated rings. The molecule has 0 aliphatic carbocycles. The molecule has 0 heterocycles. The van der Waals surface area contributed by atoms with Crippen LogP contribution in [0.15, 0.2) is 29.2 Å². The fourth-order valence-corrected chi connectivity index (χ4v) is 1.91. The number of rotatable bonds is 3. The van der Waals surface area contributed by atoms with E-state index in [1.165, 1.54) is 16.7 Å². The van der Waals surface area contributed by atoms with Gasteiger partial charge < -0.3 is 0 Å². The molecule has 0 aliphatic heterocycles. The third kappa shape index (κ3) is 3.08. The zero-order valence-corrected chi connectivity index (χ0v) is 9.37. The van der Waals surface area contributed by atoms with Crippen molar-refractivity contribution in [3.8, 4) is 0 Å². The molecule has 0 N–H and O–H groups in total. The minimum absolute atomic E-state index is 0.162. The molecule has 0 aliphatic rings. The first-order valence-electron chi connectivity index (χ1n) is 4.09. The number of carbonyl (C=O) groups is 1. The zero-order chi connectivity index (χ0) is 9.68. The van der Waals surface area contributed by atoms with Crippen molar-refractivity contribution in [3.05, 3.63) is 29.8 Å². The third-order valence-electron chi connectivity index (χ3n) is 1.60. The van der Waals surface area contributed by atoms with Crippen LogP contribution in [0.1, 0.15) is 17.3 Å². The molecule has 13 heavy (non-hydrogen) atoms. The van der Waals surface area contributed by atoms with Gasteiger partial charge in [0.15, 0.2) is 0 Å². The summed E-state index contributed by atoms with van der Waals surface area (Å²) in [6.07, 6.45) is 2.03. The lowest BCUT2D eigenvalue weighted by atomic mass is 10.2. The Morgan fingerprint density at radius 2 is 1.92 bits per heavy atom. The van der Waals surface area contributed by atoms with Crippen molar-refractivity contribution >= 4 is 28.6 Å². The van der Waals surface area contributed by atoms with Crippen molar-refractivity contribution < 1.29 is 4.79 Å². The van der Waals surface area contributed by atoms with Crippen molar-refractivity contribution in [2.75, 3.05) is 12.0 Å². The van der Waals surface area contributed by atoms with E-state index in [1.807, 2.05) is 37.4 Å². The van der Waals surface area contributed by atoms with Crippen LogP contribution in [0.5, 0.6) is 0 Å². The number of hydrogen-bond acceptors (Lipinski definition) is 3. The molecule has 0 spiro atoms. The van der Waals surface area contributed by atoms with E-state index in [0.717, 1.165) is 11.3 Å². The van der Waals surface area contributed by atoms with Gasteiger partial charge >= 0.3 is 0 Å². The first-order chi connectivity index (χ1) is 6.27. The monoisotopic (exact) mass is 212 g/mol. The highest BCUT2D eigenvalue weighted by molar-refractivity contribution is 8.14. The SMILES string of the molecule is CCSC(=O)c1ccc(SC)cc1. The molecule has 0 radical (unpaired) electrons. The summed E-state index contributed by atoms with van der Waals surface area (Å²) in [4.78, 5) is 12.6. The normalized spacial score (nSPS) is 10.0. The lowest BCUT2D eigenvalue weighted by molar-refractivity contribution is 0.108. The summed E-state index contributed by atoms with van der Waals surface area (Å²) in [5.74, 6) is 0.836. The van der Waals surface area contributed by atoms with E-state index in [1.54, 1.807) is 11.8 Å². The predicted octanol–water partition coefficient (Wildman–Crippen LogP) is 3.30. The van der Waals surface area contributed by atoms with Gasteiger partial charge in [-0.15, -0.1) is 11.8 Å². The van der Waals surface area contributed by atoms with Crippen molar-refractivity contribution in [1.82, 2.24) is 0 Å². The summed E-state index contributed by atoms with van der Waals surface area (Å²) in [6.45, 7) is 1.98. The van der Waals surface area contributed by atoms with Crippen LogP contribution < -0.4 is 0 Å². The smallest absolute Gasteiger partial charge is 0.219 e. The quantitative estimate of drug-likeness (QED) is 0.716. The van der Waals surface area contributed by atoms with Crippen LogP contribution in [0.4, 0.5) is 0 Å². The van der Waals surface area contributed by atoms with Crippen LogP contribution in [0.25, 0.3) is 0 Å². The Hall–Kier alpha value is -0.410. The Balaban J connectivity index is 2.74. The molecule has 0 saturated carbocycles. The van der Waals surface area contributed by atoms with Crippen LogP contribution in [0.3, 0.4) is 0 Å². The number of thioether (sulfide) groups is 2. The van der Waals surface area contributed by atoms with E-state index in [0.29, 0.717) is 0 Å². The topological polar surface area (TPSA) is 17.1 Å². The van der Waals surface area contributed by atoms with E-state index in [9.17, 15) is 4.79 Å². The maximum atomic E-state index is 11.4. The molecule has 70 valence electrons. The summed E-state index contributed by atoms with van der Waals surface area (Å²) in [6, 6.07) is 7.73. The average Bonchev–Trinajstić information content (AvgIpc) is 2.18. The molecular weight excluding hydrogens is 200 g/mol. The molecule has 1 nitrogen and oxygen atoms in total. The maximum Gasteiger partial charge on any atom is 0.219 e. The van der Waals surface area contributed by atoms with Gasteiger partial charge in [-0.05, 0) is 36.3 Å². The van der Waals surface area contributed by atoms with Gasteiger partial charge in [-0.25, -0.2) is 0 Å². The van der Waals surface area contributed by atoms with Gasteiger partial charge in [-0.2, -0.15) is 0 Å². The van der Waals surface area contributed by atoms with Crippen molar-refractivity contribution in [1.29, 1.82) is 0 Å². The maximum absolute atomic E-state index is 11.4. The zero-order valence-electron chi connectivity index (χ0n) is 7.74. The third-order valence-corrected chi connectivity index (χ3v) is 3.13. The van der Waals surface area contributed by atoms with Crippen molar-refractivity contribution in [2.45, 2.75) is 11.8 Å². The molecule has 0 unspecified atom stereocenters. The summed E-state index contributed by atoms with van der Waals surface area (Å²) in [7, 11) is 0. The van der Waals surface area contributed by atoms with Gasteiger partial charge in [0.25, 0.3) is 0 Å². The van der Waals surface area contributed by atoms with Gasteiger partial charge in [0.05, 0.1) is 0 Å². The lowest BCUT2D eigenvalue weighted by Crippen LogP contribution is -1.92. The van der Waals surface area contributed by atoms with Crippen LogP contribution in [-0.4, -0.2) is 17.1 Å². The first kappa shape index (κ1) is 10.7. The fraction of sp³-hybridized carbons (Fsp3) is 0.300. The van der Waals surface area contributed by atoms with Crippen LogP contribution in [0, 0.1) is 0 Å². The Morgan fingerprint density at radius 3 is 2.38 bits per heavy atom. The second-order valence-corrected chi connectivity index (χ2v) is 4.57. The summed E-state index contributed by atoms with van der Waals surface area (Å²) < 4.78 is 0. The largest absolute Gasteiger partial charge is 0.282 e. The molecule has 0 amide bonds. The predicted molar refractivity (Wildman–Crippen MR) is 60.7 cm³/mol. The minimum atomic E-state index is 0.162. The van der Waals surface area contributed by atoms with E-state index in [-0.39, 0.29) is 5.12 Å². The molecule has 0 aromatic heterocycles. The van der Waals surface area contributed by atoms with Crippen molar-refractivity contribution in [3.63, 3.8) is 0 Å². The molecule has 0 bridgehead atoms. The molecule has 0 atom stereocenters. The minimum Gasteiger partial charge on any atom is -0.282 e. The highest BCUT2D eigenvalue weighted by Crippen LogP contribution is 2.17.